The average Bonchev–Trinajstić information content (AvgIpc) is 2.84. The molecule has 0 amide bonds. The van der Waals surface area contributed by atoms with Crippen LogP contribution in [0.3, 0.4) is 0 Å². The van der Waals surface area contributed by atoms with E-state index < -0.39 is 0 Å². The molecule has 0 unspecified atom stereocenters. The van der Waals surface area contributed by atoms with Crippen molar-refractivity contribution in [2.75, 3.05) is 34.7 Å². The zero-order chi connectivity index (χ0) is 25.7. The second-order valence-electron chi connectivity index (χ2n) is 10.0. The molecule has 6 heteroatoms. The smallest absolute Gasteiger partial charge is 0.119 e. The van der Waals surface area contributed by atoms with Gasteiger partial charge in [0.15, 0.2) is 0 Å². The van der Waals surface area contributed by atoms with Crippen LogP contribution in [0.4, 0.5) is 17.1 Å². The maximum Gasteiger partial charge on any atom is 0.119 e. The number of ether oxygens (including phenoxy) is 3. The zero-order valence-electron chi connectivity index (χ0n) is 22.3. The molecule has 1 saturated heterocycles. The predicted molar refractivity (Wildman–Crippen MR) is 149 cm³/mol. The fourth-order valence-electron chi connectivity index (χ4n) is 4.27. The van der Waals surface area contributed by atoms with Crippen molar-refractivity contribution in [1.82, 2.24) is 0 Å². The number of hydrogen-bond donors (Lipinski definition) is 0. The predicted octanol–water partition coefficient (Wildman–Crippen LogP) is 6.75. The van der Waals surface area contributed by atoms with Crippen molar-refractivity contribution in [3.63, 3.8) is 0 Å². The van der Waals surface area contributed by atoms with E-state index in [2.05, 4.69) is 87.5 Å². The summed E-state index contributed by atoms with van der Waals surface area (Å²) in [6, 6.07) is 25.1. The van der Waals surface area contributed by atoms with E-state index in [0.29, 0.717) is 0 Å². The molecule has 0 bridgehead atoms. The van der Waals surface area contributed by atoms with Crippen molar-refractivity contribution in [3.8, 4) is 17.2 Å². The highest BCUT2D eigenvalue weighted by Crippen LogP contribution is 2.30. The first kappa shape index (κ1) is 25.5. The van der Waals surface area contributed by atoms with Gasteiger partial charge in [-0.15, -0.1) is 0 Å². The molecule has 0 aromatic heterocycles. The van der Waals surface area contributed by atoms with Gasteiger partial charge >= 0.3 is 0 Å². The van der Waals surface area contributed by atoms with Gasteiger partial charge < -0.3 is 28.9 Å². The first-order valence-corrected chi connectivity index (χ1v) is 12.8. The summed E-state index contributed by atoms with van der Waals surface area (Å²) in [5.74, 6) is 2.67. The quantitative estimate of drug-likeness (QED) is 0.331. The Balaban J connectivity index is 1.58. The third-order valence-electron chi connectivity index (χ3n) is 5.75. The SMILES string of the molecule is CC(C)Oc1ccc(N2CN(c3ccc(OC(C)C)cc3)CN(c3ccc(OC(C)C)cc3)C2)cc1. The third kappa shape index (κ3) is 6.78. The van der Waals surface area contributed by atoms with E-state index in [-0.39, 0.29) is 18.3 Å². The summed E-state index contributed by atoms with van der Waals surface area (Å²) in [5, 5.41) is 0. The van der Waals surface area contributed by atoms with E-state index in [4.69, 9.17) is 14.2 Å². The van der Waals surface area contributed by atoms with Gasteiger partial charge in [0.2, 0.25) is 0 Å². The molecule has 3 aromatic rings. The van der Waals surface area contributed by atoms with Crippen molar-refractivity contribution in [1.29, 1.82) is 0 Å². The summed E-state index contributed by atoms with van der Waals surface area (Å²) in [5.41, 5.74) is 3.46. The number of anilines is 3. The molecule has 6 nitrogen and oxygen atoms in total. The average molecular weight is 490 g/mol. The molecule has 1 aliphatic rings. The summed E-state index contributed by atoms with van der Waals surface area (Å²) < 4.78 is 17.6. The van der Waals surface area contributed by atoms with E-state index in [9.17, 15) is 0 Å². The van der Waals surface area contributed by atoms with Crippen LogP contribution in [0, 0.1) is 0 Å². The normalized spacial score (nSPS) is 14.1. The van der Waals surface area contributed by atoms with E-state index in [1.165, 1.54) is 0 Å². The molecular weight excluding hydrogens is 450 g/mol. The molecule has 4 rings (SSSR count). The minimum atomic E-state index is 0.155. The second-order valence-corrected chi connectivity index (χ2v) is 10.0. The van der Waals surface area contributed by atoms with Crippen LogP contribution in [0.15, 0.2) is 72.8 Å². The minimum Gasteiger partial charge on any atom is -0.491 e. The van der Waals surface area contributed by atoms with Crippen molar-refractivity contribution < 1.29 is 14.2 Å². The summed E-state index contributed by atoms with van der Waals surface area (Å²) in [6.07, 6.45) is 0.464. The van der Waals surface area contributed by atoms with Crippen LogP contribution in [0.2, 0.25) is 0 Å². The molecule has 0 radical (unpaired) electrons. The van der Waals surface area contributed by atoms with Crippen LogP contribution >= 0.6 is 0 Å². The van der Waals surface area contributed by atoms with Crippen molar-refractivity contribution in [2.45, 2.75) is 59.9 Å². The summed E-state index contributed by atoms with van der Waals surface area (Å²) in [6.45, 7) is 14.6. The Hall–Kier alpha value is -3.54. The Bertz CT molecular complexity index is 932. The molecule has 0 atom stereocenters. The lowest BCUT2D eigenvalue weighted by Crippen LogP contribution is -2.55. The molecule has 1 fully saturated rings. The van der Waals surface area contributed by atoms with Crippen LogP contribution in [-0.2, 0) is 0 Å². The van der Waals surface area contributed by atoms with Crippen molar-refractivity contribution in [2.24, 2.45) is 0 Å². The van der Waals surface area contributed by atoms with Crippen molar-refractivity contribution >= 4 is 17.1 Å². The maximum atomic E-state index is 5.85. The molecule has 0 N–H and O–H groups in total. The monoisotopic (exact) mass is 489 g/mol. The molecule has 0 spiro atoms. The van der Waals surface area contributed by atoms with Gasteiger partial charge in [-0.25, -0.2) is 0 Å². The summed E-state index contributed by atoms with van der Waals surface area (Å²) in [7, 11) is 0. The minimum absolute atomic E-state index is 0.155. The molecule has 1 aliphatic heterocycles. The van der Waals surface area contributed by atoms with E-state index >= 15 is 0 Å². The van der Waals surface area contributed by atoms with Crippen molar-refractivity contribution in [3.05, 3.63) is 72.8 Å². The van der Waals surface area contributed by atoms with Gasteiger partial charge in [-0.05, 0) is 114 Å². The lowest BCUT2D eigenvalue weighted by Gasteiger charge is -2.45. The Morgan fingerprint density at radius 3 is 0.833 bits per heavy atom. The van der Waals surface area contributed by atoms with Crippen LogP contribution in [-0.4, -0.2) is 38.3 Å². The summed E-state index contributed by atoms with van der Waals surface area (Å²) >= 11 is 0. The molecule has 36 heavy (non-hydrogen) atoms. The molecule has 0 aliphatic carbocycles. The Labute approximate surface area is 216 Å². The number of nitrogens with zero attached hydrogens (tertiary/aromatic N) is 3. The van der Waals surface area contributed by atoms with Gasteiger partial charge in [0, 0.05) is 17.1 Å². The highest BCUT2D eigenvalue weighted by atomic mass is 16.5. The molecular formula is C30H39N3O3. The summed E-state index contributed by atoms with van der Waals surface area (Å²) in [4.78, 5) is 7.12. The van der Waals surface area contributed by atoms with Crippen LogP contribution in [0.1, 0.15) is 41.5 Å². The Kier molecular flexibility index (Phi) is 8.14. The lowest BCUT2D eigenvalue weighted by molar-refractivity contribution is 0.242. The van der Waals surface area contributed by atoms with Gasteiger partial charge in [-0.3, -0.25) is 0 Å². The molecule has 1 heterocycles. The molecule has 3 aromatic carbocycles. The highest BCUT2D eigenvalue weighted by molar-refractivity contribution is 5.60. The number of benzene rings is 3. The van der Waals surface area contributed by atoms with Gasteiger partial charge in [-0.1, -0.05) is 0 Å². The molecule has 192 valence electrons. The lowest BCUT2D eigenvalue weighted by atomic mass is 10.2. The maximum absolute atomic E-state index is 5.85. The number of hydrogen-bond acceptors (Lipinski definition) is 6. The highest BCUT2D eigenvalue weighted by Gasteiger charge is 2.25. The first-order chi connectivity index (χ1) is 17.3. The van der Waals surface area contributed by atoms with Crippen LogP contribution < -0.4 is 28.9 Å². The van der Waals surface area contributed by atoms with Crippen LogP contribution in [0.5, 0.6) is 17.2 Å². The largest absolute Gasteiger partial charge is 0.491 e. The second kappa shape index (κ2) is 11.5. The third-order valence-corrected chi connectivity index (χ3v) is 5.75. The first-order valence-electron chi connectivity index (χ1n) is 12.8. The zero-order valence-corrected chi connectivity index (χ0v) is 22.3. The van der Waals surface area contributed by atoms with Gasteiger partial charge in [-0.2, -0.15) is 0 Å². The Morgan fingerprint density at radius 2 is 0.639 bits per heavy atom. The van der Waals surface area contributed by atoms with E-state index in [1.54, 1.807) is 0 Å². The van der Waals surface area contributed by atoms with Gasteiger partial charge in [0.05, 0.1) is 38.3 Å². The van der Waals surface area contributed by atoms with Gasteiger partial charge in [0.25, 0.3) is 0 Å². The fourth-order valence-corrected chi connectivity index (χ4v) is 4.27. The molecule has 0 saturated carbocycles. The topological polar surface area (TPSA) is 37.4 Å². The van der Waals surface area contributed by atoms with E-state index in [0.717, 1.165) is 54.3 Å². The van der Waals surface area contributed by atoms with Gasteiger partial charge in [0.1, 0.15) is 17.2 Å². The Morgan fingerprint density at radius 1 is 0.417 bits per heavy atom. The van der Waals surface area contributed by atoms with E-state index in [1.807, 2.05) is 41.5 Å². The fraction of sp³-hybridized carbons (Fsp3) is 0.400. The standard InChI is InChI=1S/C30H39N3O3/c1-22(2)34-28-13-7-25(8-14-28)31-19-32(26-9-15-29(16-10-26)35-23(3)4)21-33(20-31)27-11-17-30(18-12-27)36-24(5)6/h7-18,22-24H,19-21H2,1-6H3. The van der Waals surface area contributed by atoms with Crippen LogP contribution in [0.25, 0.3) is 0 Å². The number of rotatable bonds is 9.